The van der Waals surface area contributed by atoms with E-state index in [0.717, 1.165) is 15.6 Å². The van der Waals surface area contributed by atoms with E-state index >= 15 is 0 Å². The van der Waals surface area contributed by atoms with Crippen LogP contribution in [0.25, 0.3) is 6.08 Å². The number of halogens is 1. The van der Waals surface area contributed by atoms with E-state index in [1.54, 1.807) is 0 Å². The van der Waals surface area contributed by atoms with Crippen LogP contribution in [0.15, 0.2) is 70.2 Å². The largest absolute Gasteiger partial charge is 0.444 e. The summed E-state index contributed by atoms with van der Waals surface area (Å²) in [5.74, 6) is 0.243. The average molecular weight is 385 g/mol. The summed E-state index contributed by atoms with van der Waals surface area (Å²) in [4.78, 5) is 12.0. The maximum Gasteiger partial charge on any atom is 0.243 e. The molecule has 2 aromatic carbocycles. The van der Waals surface area contributed by atoms with Gasteiger partial charge < -0.3 is 4.74 Å². The second-order valence-corrected chi connectivity index (χ2v) is 6.56. The fraction of sp³-hybridized carbons (Fsp3) is 0.158. The van der Waals surface area contributed by atoms with Crippen molar-refractivity contribution >= 4 is 33.8 Å². The van der Waals surface area contributed by atoms with Crippen molar-refractivity contribution in [2.24, 2.45) is 5.10 Å². The highest BCUT2D eigenvalue weighted by Crippen LogP contribution is 2.30. The van der Waals surface area contributed by atoms with Crippen molar-refractivity contribution in [2.75, 3.05) is 0 Å². The molecular weight excluding hydrogens is 368 g/mol. The van der Waals surface area contributed by atoms with Crippen LogP contribution in [0.1, 0.15) is 25.0 Å². The van der Waals surface area contributed by atoms with Crippen LogP contribution in [0.2, 0.25) is 0 Å². The molecule has 0 saturated heterocycles. The highest BCUT2D eigenvalue weighted by molar-refractivity contribution is 9.10. The van der Waals surface area contributed by atoms with E-state index in [-0.39, 0.29) is 5.91 Å². The summed E-state index contributed by atoms with van der Waals surface area (Å²) >= 11 is 3.44. The lowest BCUT2D eigenvalue weighted by Gasteiger charge is -2.27. The molecule has 2 aromatic rings. The number of amides is 1. The predicted molar refractivity (Wildman–Crippen MR) is 98.2 cm³/mol. The van der Waals surface area contributed by atoms with Crippen LogP contribution in [-0.4, -0.2) is 22.5 Å². The van der Waals surface area contributed by atoms with Gasteiger partial charge in [-0.15, -0.1) is 5.10 Å². The Kier molecular flexibility index (Phi) is 4.53. The Bertz CT molecular complexity index is 817. The van der Waals surface area contributed by atoms with Crippen LogP contribution in [-0.2, 0) is 9.53 Å². The first-order valence-corrected chi connectivity index (χ1v) is 8.36. The second kappa shape index (κ2) is 6.61. The Balaban J connectivity index is 1.91. The molecule has 0 saturated carbocycles. The van der Waals surface area contributed by atoms with Crippen molar-refractivity contribution in [1.82, 2.24) is 5.01 Å². The molecule has 0 aliphatic carbocycles. The molecule has 0 spiro atoms. The molecule has 5 heteroatoms. The van der Waals surface area contributed by atoms with E-state index in [0.29, 0.717) is 5.90 Å². The number of ether oxygens (including phenoxy) is 1. The summed E-state index contributed by atoms with van der Waals surface area (Å²) < 4.78 is 6.96. The molecule has 1 aliphatic heterocycles. The summed E-state index contributed by atoms with van der Waals surface area (Å²) in [6.45, 7) is 3.30. The number of hydrogen-bond acceptors (Lipinski definition) is 3. The van der Waals surface area contributed by atoms with E-state index in [1.807, 2.05) is 73.7 Å². The first kappa shape index (κ1) is 16.5. The van der Waals surface area contributed by atoms with Gasteiger partial charge in [-0.25, -0.2) is 0 Å². The van der Waals surface area contributed by atoms with Crippen LogP contribution < -0.4 is 0 Å². The molecule has 1 atom stereocenters. The summed E-state index contributed by atoms with van der Waals surface area (Å²) in [7, 11) is 0. The summed E-state index contributed by atoms with van der Waals surface area (Å²) in [6, 6.07) is 17.5. The SMILES string of the molecule is CC(=O)N1N=C(c2cccc(Br)c2)O[C@]1(C)/C=C/c1ccccc1. The molecule has 4 nitrogen and oxygen atoms in total. The highest BCUT2D eigenvalue weighted by atomic mass is 79.9. The molecule has 0 radical (unpaired) electrons. The number of rotatable bonds is 3. The maximum absolute atomic E-state index is 12.0. The molecule has 122 valence electrons. The van der Waals surface area contributed by atoms with Crippen molar-refractivity contribution < 1.29 is 9.53 Å². The van der Waals surface area contributed by atoms with Gasteiger partial charge in [0.25, 0.3) is 0 Å². The van der Waals surface area contributed by atoms with Gasteiger partial charge in [0, 0.05) is 23.9 Å². The zero-order valence-corrected chi connectivity index (χ0v) is 15.0. The maximum atomic E-state index is 12.0. The first-order valence-electron chi connectivity index (χ1n) is 7.56. The van der Waals surface area contributed by atoms with E-state index in [1.165, 1.54) is 11.9 Å². The van der Waals surface area contributed by atoms with E-state index in [2.05, 4.69) is 21.0 Å². The van der Waals surface area contributed by atoms with Crippen molar-refractivity contribution in [3.05, 3.63) is 76.3 Å². The van der Waals surface area contributed by atoms with Gasteiger partial charge in [-0.05, 0) is 29.8 Å². The van der Waals surface area contributed by atoms with E-state index in [4.69, 9.17) is 4.74 Å². The third-order valence-electron chi connectivity index (χ3n) is 3.67. The molecule has 0 unspecified atom stereocenters. The molecule has 3 rings (SSSR count). The van der Waals surface area contributed by atoms with Crippen LogP contribution in [0.3, 0.4) is 0 Å². The van der Waals surface area contributed by atoms with E-state index in [9.17, 15) is 4.79 Å². The fourth-order valence-corrected chi connectivity index (χ4v) is 2.89. The Morgan fingerprint density at radius 1 is 1.21 bits per heavy atom. The van der Waals surface area contributed by atoms with Crippen molar-refractivity contribution in [3.63, 3.8) is 0 Å². The Morgan fingerprint density at radius 2 is 1.96 bits per heavy atom. The molecular formula is C19H17BrN2O2. The quantitative estimate of drug-likeness (QED) is 0.785. The van der Waals surface area contributed by atoms with Crippen LogP contribution in [0.4, 0.5) is 0 Å². The number of hydrogen-bond donors (Lipinski definition) is 0. The lowest BCUT2D eigenvalue weighted by atomic mass is 10.1. The molecule has 0 fully saturated rings. The summed E-state index contributed by atoms with van der Waals surface area (Å²) in [5.41, 5.74) is 0.883. The van der Waals surface area contributed by atoms with Crippen molar-refractivity contribution in [2.45, 2.75) is 19.6 Å². The zero-order valence-electron chi connectivity index (χ0n) is 13.4. The van der Waals surface area contributed by atoms with Gasteiger partial charge in [0.2, 0.25) is 17.5 Å². The monoisotopic (exact) mass is 384 g/mol. The minimum Gasteiger partial charge on any atom is -0.444 e. The minimum atomic E-state index is -0.959. The van der Waals surface area contributed by atoms with Crippen LogP contribution in [0, 0.1) is 0 Å². The number of carbonyl (C=O) groups is 1. The van der Waals surface area contributed by atoms with Crippen molar-refractivity contribution in [1.29, 1.82) is 0 Å². The Labute approximate surface area is 149 Å². The zero-order chi connectivity index (χ0) is 17.2. The standard InChI is InChI=1S/C19H17BrN2O2/c1-14(23)22-19(2,12-11-15-7-4-3-5-8-15)24-18(21-22)16-9-6-10-17(20)13-16/h3-13H,1-2H3/b12-11+/t19-/m1/s1. The molecule has 1 aliphatic rings. The van der Waals surface area contributed by atoms with Gasteiger partial charge in [-0.2, -0.15) is 5.01 Å². The molecule has 0 N–H and O–H groups in total. The van der Waals surface area contributed by atoms with Crippen molar-refractivity contribution in [3.8, 4) is 0 Å². The third kappa shape index (κ3) is 3.41. The number of carbonyl (C=O) groups excluding carboxylic acids is 1. The highest BCUT2D eigenvalue weighted by Gasteiger charge is 2.41. The fourth-order valence-electron chi connectivity index (χ4n) is 2.49. The normalized spacial score (nSPS) is 20.1. The Hall–Kier alpha value is -2.40. The van der Waals surface area contributed by atoms with Gasteiger partial charge >= 0.3 is 0 Å². The van der Waals surface area contributed by atoms with E-state index < -0.39 is 5.72 Å². The van der Waals surface area contributed by atoms with Gasteiger partial charge in [-0.3, -0.25) is 4.79 Å². The Morgan fingerprint density at radius 3 is 2.62 bits per heavy atom. The number of benzene rings is 2. The van der Waals surface area contributed by atoms with Gasteiger partial charge in [0.05, 0.1) is 0 Å². The lowest BCUT2D eigenvalue weighted by molar-refractivity contribution is -0.139. The van der Waals surface area contributed by atoms with Gasteiger partial charge in [0.15, 0.2) is 0 Å². The third-order valence-corrected chi connectivity index (χ3v) is 4.16. The van der Waals surface area contributed by atoms with Gasteiger partial charge in [0.1, 0.15) is 0 Å². The smallest absolute Gasteiger partial charge is 0.243 e. The molecule has 1 heterocycles. The molecule has 0 bridgehead atoms. The lowest BCUT2D eigenvalue weighted by Crippen LogP contribution is -2.42. The second-order valence-electron chi connectivity index (χ2n) is 5.65. The van der Waals surface area contributed by atoms with Gasteiger partial charge in [-0.1, -0.05) is 58.4 Å². The minimum absolute atomic E-state index is 0.180. The molecule has 1 amide bonds. The predicted octanol–water partition coefficient (Wildman–Crippen LogP) is 4.42. The average Bonchev–Trinajstić information content (AvgIpc) is 2.93. The first-order chi connectivity index (χ1) is 11.5. The topological polar surface area (TPSA) is 41.9 Å². The van der Waals surface area contributed by atoms with Crippen LogP contribution >= 0.6 is 15.9 Å². The van der Waals surface area contributed by atoms with Crippen LogP contribution in [0.5, 0.6) is 0 Å². The molecule has 24 heavy (non-hydrogen) atoms. The number of nitrogens with zero attached hydrogens (tertiary/aromatic N) is 2. The number of hydrazone groups is 1. The summed E-state index contributed by atoms with van der Waals surface area (Å²) in [6.07, 6.45) is 3.77. The summed E-state index contributed by atoms with van der Waals surface area (Å²) in [5, 5.41) is 5.73. The molecule has 0 aromatic heterocycles.